The first-order chi connectivity index (χ1) is 13.9. The second-order valence-electron chi connectivity index (χ2n) is 7.08. The second-order valence-corrected chi connectivity index (χ2v) is 8.58. The minimum Gasteiger partial charge on any atom is -0.376 e. The zero-order chi connectivity index (χ0) is 21.0. The summed E-state index contributed by atoms with van der Waals surface area (Å²) in [5, 5.41) is 15.0. The van der Waals surface area contributed by atoms with Crippen molar-refractivity contribution in [2.24, 2.45) is 10.9 Å². The van der Waals surface area contributed by atoms with Gasteiger partial charge < -0.3 is 10.4 Å². The van der Waals surface area contributed by atoms with Crippen molar-refractivity contribution in [3.8, 4) is 0 Å². The Balaban J connectivity index is 2.13. The lowest BCUT2D eigenvalue weighted by Crippen LogP contribution is -2.56. The number of aromatic nitrogens is 1. The van der Waals surface area contributed by atoms with Crippen LogP contribution in [0.1, 0.15) is 19.4 Å². The van der Waals surface area contributed by atoms with Crippen molar-refractivity contribution in [3.05, 3.63) is 70.9 Å². The number of nitrogens with zero attached hydrogens (tertiary/aromatic N) is 3. The highest BCUT2D eigenvalue weighted by Gasteiger charge is 2.48. The van der Waals surface area contributed by atoms with E-state index in [1.165, 1.54) is 23.9 Å². The van der Waals surface area contributed by atoms with E-state index in [4.69, 9.17) is 12.2 Å². The van der Waals surface area contributed by atoms with Crippen LogP contribution < -0.4 is 5.32 Å². The molecule has 1 aromatic carbocycles. The molecule has 0 saturated carbocycles. The molecule has 2 unspecified atom stereocenters. The van der Waals surface area contributed by atoms with Crippen LogP contribution in [0.25, 0.3) is 0 Å². The normalized spacial score (nSPS) is 19.7. The molecule has 1 aliphatic heterocycles. The van der Waals surface area contributed by atoms with Crippen molar-refractivity contribution in [2.75, 3.05) is 7.05 Å². The number of thiocarbonyl (C=S) groups is 1. The zero-order valence-corrected chi connectivity index (χ0v) is 18.2. The van der Waals surface area contributed by atoms with E-state index in [1.807, 2.05) is 32.0 Å². The van der Waals surface area contributed by atoms with Gasteiger partial charge in [-0.1, -0.05) is 32.1 Å². The molecule has 2 aromatic rings. The molecule has 152 valence electrons. The number of aliphatic imine (C=N–C) groups is 1. The molecule has 2 heterocycles. The molecule has 8 heteroatoms. The van der Waals surface area contributed by atoms with E-state index in [1.54, 1.807) is 31.8 Å². The number of pyridine rings is 1. The SMILES string of the molecule is CNC(=S)C(O)[N+]1(Cc2ccncc2)C=NC(C(C)C)=C1Sc1cccc(F)c1. The fourth-order valence-electron chi connectivity index (χ4n) is 3.16. The Morgan fingerprint density at radius 3 is 2.62 bits per heavy atom. The van der Waals surface area contributed by atoms with Crippen LogP contribution in [-0.4, -0.2) is 39.2 Å². The summed E-state index contributed by atoms with van der Waals surface area (Å²) in [7, 11) is 1.69. The number of rotatable bonds is 7. The summed E-state index contributed by atoms with van der Waals surface area (Å²) in [6.45, 7) is 4.53. The fraction of sp³-hybridized carbons (Fsp3) is 0.286. The molecule has 2 N–H and O–H groups in total. The highest BCUT2D eigenvalue weighted by atomic mass is 32.2. The number of aliphatic hydroxyl groups is 1. The molecular formula is C21H24FN4OS2+. The monoisotopic (exact) mass is 431 g/mol. The lowest BCUT2D eigenvalue weighted by Gasteiger charge is -2.36. The van der Waals surface area contributed by atoms with E-state index in [0.717, 1.165) is 21.2 Å². The van der Waals surface area contributed by atoms with Gasteiger partial charge in [0.25, 0.3) is 6.23 Å². The van der Waals surface area contributed by atoms with E-state index in [0.29, 0.717) is 11.5 Å². The average Bonchev–Trinajstić information content (AvgIpc) is 3.06. The third-order valence-electron chi connectivity index (χ3n) is 4.67. The van der Waals surface area contributed by atoms with E-state index < -0.39 is 6.23 Å². The molecule has 5 nitrogen and oxygen atoms in total. The molecular weight excluding hydrogens is 407 g/mol. The van der Waals surface area contributed by atoms with E-state index in [9.17, 15) is 9.50 Å². The number of nitrogens with one attached hydrogen (secondary N) is 1. The Bertz CT molecular complexity index is 949. The van der Waals surface area contributed by atoms with Gasteiger partial charge in [-0.2, -0.15) is 0 Å². The maximum Gasteiger partial charge on any atom is 0.254 e. The molecule has 3 rings (SSSR count). The zero-order valence-electron chi connectivity index (χ0n) is 16.5. The van der Waals surface area contributed by atoms with Gasteiger partial charge in [0.2, 0.25) is 5.03 Å². The lowest BCUT2D eigenvalue weighted by atomic mass is 10.1. The number of hydrogen-bond acceptors (Lipinski definition) is 5. The van der Waals surface area contributed by atoms with Crippen molar-refractivity contribution in [1.29, 1.82) is 0 Å². The highest BCUT2D eigenvalue weighted by molar-refractivity contribution is 8.02. The fourth-order valence-corrected chi connectivity index (χ4v) is 4.67. The maximum absolute atomic E-state index is 13.8. The van der Waals surface area contributed by atoms with Crippen molar-refractivity contribution in [2.45, 2.75) is 31.5 Å². The smallest absolute Gasteiger partial charge is 0.254 e. The number of allylic oxidation sites excluding steroid dienone is 1. The second kappa shape index (κ2) is 9.13. The maximum atomic E-state index is 13.8. The van der Waals surface area contributed by atoms with Crippen LogP contribution in [0.2, 0.25) is 0 Å². The number of likely N-dealkylation sites (N-methyl/N-ethyl adjacent to an activating group) is 1. The summed E-state index contributed by atoms with van der Waals surface area (Å²) >= 11 is 6.81. The van der Waals surface area contributed by atoms with Gasteiger partial charge in [-0.05, 0) is 42.1 Å². The van der Waals surface area contributed by atoms with Gasteiger partial charge in [0, 0.05) is 35.8 Å². The van der Waals surface area contributed by atoms with E-state index in [2.05, 4.69) is 15.3 Å². The van der Waals surface area contributed by atoms with Gasteiger partial charge in [-0.3, -0.25) is 4.98 Å². The summed E-state index contributed by atoms with van der Waals surface area (Å²) in [5.74, 6) is -0.186. The summed E-state index contributed by atoms with van der Waals surface area (Å²) in [4.78, 5) is 9.80. The number of quaternary nitrogens is 1. The summed E-state index contributed by atoms with van der Waals surface area (Å²) in [6, 6.07) is 10.2. The topological polar surface area (TPSA) is 57.5 Å². The first-order valence-electron chi connectivity index (χ1n) is 9.26. The van der Waals surface area contributed by atoms with Crippen LogP contribution >= 0.6 is 24.0 Å². The summed E-state index contributed by atoms with van der Waals surface area (Å²) in [6.07, 6.45) is 4.13. The first-order valence-corrected chi connectivity index (χ1v) is 10.5. The van der Waals surface area contributed by atoms with Crippen molar-refractivity contribution < 1.29 is 14.0 Å². The van der Waals surface area contributed by atoms with Crippen molar-refractivity contribution in [3.63, 3.8) is 0 Å². The molecule has 0 aliphatic carbocycles. The van der Waals surface area contributed by atoms with Crippen LogP contribution in [0.5, 0.6) is 0 Å². The third kappa shape index (κ3) is 4.56. The molecule has 2 atom stereocenters. The molecule has 1 aliphatic rings. The Hall–Kier alpha value is -2.13. The average molecular weight is 432 g/mol. The van der Waals surface area contributed by atoms with Crippen molar-refractivity contribution in [1.82, 2.24) is 10.3 Å². The quantitative estimate of drug-likeness (QED) is 0.511. The number of aliphatic hydroxyl groups excluding tert-OH is 1. The van der Waals surface area contributed by atoms with Crippen LogP contribution in [0.3, 0.4) is 0 Å². The molecule has 0 amide bonds. The van der Waals surface area contributed by atoms with Crippen molar-refractivity contribution >= 4 is 35.3 Å². The first kappa shape index (κ1) is 21.6. The summed E-state index contributed by atoms with van der Waals surface area (Å²) < 4.78 is 13.8. The van der Waals surface area contributed by atoms with Gasteiger partial charge in [-0.25, -0.2) is 13.9 Å². The molecule has 0 fully saturated rings. The third-order valence-corrected chi connectivity index (χ3v) is 6.32. The predicted octanol–water partition coefficient (Wildman–Crippen LogP) is 4.06. The lowest BCUT2D eigenvalue weighted by molar-refractivity contribution is -0.839. The number of hydrogen-bond donors (Lipinski definition) is 2. The van der Waals surface area contributed by atoms with Gasteiger partial charge in [-0.15, -0.1) is 0 Å². The minimum atomic E-state index is -1.04. The van der Waals surface area contributed by atoms with Gasteiger partial charge in [0.15, 0.2) is 11.3 Å². The van der Waals surface area contributed by atoms with Crippen LogP contribution in [0.15, 0.2) is 69.4 Å². The highest BCUT2D eigenvalue weighted by Crippen LogP contribution is 2.44. The number of benzene rings is 1. The van der Waals surface area contributed by atoms with E-state index >= 15 is 0 Å². The molecule has 1 aromatic heterocycles. The van der Waals surface area contributed by atoms with Crippen LogP contribution in [0, 0.1) is 11.7 Å². The molecule has 0 bridgehead atoms. The molecule has 0 spiro atoms. The molecule has 0 radical (unpaired) electrons. The molecule has 0 saturated heterocycles. The van der Waals surface area contributed by atoms with Gasteiger partial charge in [0.05, 0.1) is 0 Å². The number of halogens is 1. The Morgan fingerprint density at radius 1 is 1.28 bits per heavy atom. The number of thioether (sulfide) groups is 1. The van der Waals surface area contributed by atoms with Gasteiger partial charge >= 0.3 is 0 Å². The minimum absolute atomic E-state index is 0.0123. The van der Waals surface area contributed by atoms with Crippen LogP contribution in [0.4, 0.5) is 4.39 Å². The predicted molar refractivity (Wildman–Crippen MR) is 118 cm³/mol. The Kier molecular flexibility index (Phi) is 6.79. The van der Waals surface area contributed by atoms with E-state index in [-0.39, 0.29) is 16.2 Å². The Labute approximate surface area is 180 Å². The Morgan fingerprint density at radius 2 is 2.00 bits per heavy atom. The molecule has 29 heavy (non-hydrogen) atoms. The standard InChI is InChI=1S/C21H23FN4OS2/c1-14(2)18-21(29-17-6-4-5-16(22)11-17)26(13-25-18,20(27)19(28)23-3)12-15-7-9-24-10-8-15/h4-11,13-14,20,27H,12H2,1-3H3/p+1. The summed E-state index contributed by atoms with van der Waals surface area (Å²) in [5.41, 5.74) is 1.83. The largest absolute Gasteiger partial charge is 0.376 e. The van der Waals surface area contributed by atoms with Gasteiger partial charge in [0.1, 0.15) is 18.1 Å². The van der Waals surface area contributed by atoms with Crippen LogP contribution in [-0.2, 0) is 6.54 Å².